The van der Waals surface area contributed by atoms with Crippen LogP contribution in [0.1, 0.15) is 6.42 Å². The first-order valence-electron chi connectivity index (χ1n) is 3.52. The van der Waals surface area contributed by atoms with Crippen molar-refractivity contribution in [1.29, 1.82) is 0 Å². The Morgan fingerprint density at radius 1 is 1.44 bits per heavy atom. The molecule has 1 unspecified atom stereocenters. The van der Waals surface area contributed by atoms with Crippen LogP contribution in [-0.2, 0) is 0 Å². The molecule has 1 heterocycles. The Balaban J connectivity index is 2.08. The van der Waals surface area contributed by atoms with E-state index in [0.29, 0.717) is 12.6 Å². The van der Waals surface area contributed by atoms with Crippen LogP contribution in [-0.4, -0.2) is 32.2 Å². The minimum absolute atomic E-state index is 0.541. The van der Waals surface area contributed by atoms with Crippen molar-refractivity contribution in [2.75, 3.05) is 26.2 Å². The molecule has 0 aromatic heterocycles. The maximum Gasteiger partial charge on any atom is 0.0205 e. The Bertz CT molecular complexity index is 65.9. The second-order valence-corrected chi connectivity index (χ2v) is 2.39. The summed E-state index contributed by atoms with van der Waals surface area (Å²) in [6, 6.07) is 0.552. The summed E-state index contributed by atoms with van der Waals surface area (Å²) in [5, 5.41) is 6.61. The zero-order chi connectivity index (χ0) is 6.53. The van der Waals surface area contributed by atoms with Crippen LogP contribution >= 0.6 is 0 Å². The third-order valence-corrected chi connectivity index (χ3v) is 1.62. The molecule has 0 aromatic rings. The smallest absolute Gasteiger partial charge is 0.0205 e. The van der Waals surface area contributed by atoms with Crippen molar-refractivity contribution in [2.45, 2.75) is 12.5 Å². The van der Waals surface area contributed by atoms with Gasteiger partial charge in [-0.3, -0.25) is 5.73 Å². The van der Waals surface area contributed by atoms with Crippen LogP contribution in [0.4, 0.5) is 0 Å². The lowest BCUT2D eigenvalue weighted by Gasteiger charge is -2.23. The second-order valence-electron chi connectivity index (χ2n) is 2.39. The molecule has 9 heavy (non-hydrogen) atoms. The van der Waals surface area contributed by atoms with E-state index in [4.69, 9.17) is 5.73 Å². The van der Waals surface area contributed by atoms with Gasteiger partial charge in [-0.2, -0.15) is 0 Å². The van der Waals surface area contributed by atoms with Gasteiger partial charge in [0.1, 0.15) is 0 Å². The first-order chi connectivity index (χ1) is 4.43. The van der Waals surface area contributed by atoms with Crippen molar-refractivity contribution in [3.63, 3.8) is 0 Å². The molecular formula is C6H14N3. The molecule has 1 atom stereocenters. The summed E-state index contributed by atoms with van der Waals surface area (Å²) in [5.74, 6) is 0. The SMILES string of the molecule is [NH]CCC1CNCCN1. The topological polar surface area (TPSA) is 47.9 Å². The Morgan fingerprint density at radius 3 is 2.89 bits per heavy atom. The van der Waals surface area contributed by atoms with Crippen molar-refractivity contribution in [1.82, 2.24) is 16.4 Å². The molecule has 0 bridgehead atoms. The number of nitrogens with one attached hydrogen (secondary N) is 3. The standard InChI is InChI=1S/C6H14N3/c7-2-1-6-5-8-3-4-9-6/h6-9H,1-5H2. The molecule has 3 nitrogen and oxygen atoms in total. The fourth-order valence-electron chi connectivity index (χ4n) is 1.09. The maximum atomic E-state index is 6.97. The average molecular weight is 128 g/mol. The van der Waals surface area contributed by atoms with Gasteiger partial charge in [-0.1, -0.05) is 0 Å². The summed E-state index contributed by atoms with van der Waals surface area (Å²) >= 11 is 0. The first-order valence-corrected chi connectivity index (χ1v) is 3.52. The zero-order valence-electron chi connectivity index (χ0n) is 5.61. The van der Waals surface area contributed by atoms with E-state index in [1.165, 1.54) is 0 Å². The summed E-state index contributed by atoms with van der Waals surface area (Å²) in [5.41, 5.74) is 6.97. The van der Waals surface area contributed by atoms with Gasteiger partial charge >= 0.3 is 0 Å². The summed E-state index contributed by atoms with van der Waals surface area (Å²) in [6.07, 6.45) is 0.979. The molecule has 0 aliphatic carbocycles. The van der Waals surface area contributed by atoms with Crippen molar-refractivity contribution < 1.29 is 0 Å². The van der Waals surface area contributed by atoms with Gasteiger partial charge in [-0.15, -0.1) is 0 Å². The molecule has 1 rings (SSSR count). The summed E-state index contributed by atoms with van der Waals surface area (Å²) in [7, 11) is 0. The lowest BCUT2D eigenvalue weighted by Crippen LogP contribution is -2.48. The first kappa shape index (κ1) is 6.99. The van der Waals surface area contributed by atoms with Gasteiger partial charge in [-0.25, -0.2) is 0 Å². The van der Waals surface area contributed by atoms with Crippen molar-refractivity contribution in [3.05, 3.63) is 0 Å². The van der Waals surface area contributed by atoms with Crippen LogP contribution in [0.3, 0.4) is 0 Å². The molecule has 1 aliphatic rings. The number of rotatable bonds is 2. The van der Waals surface area contributed by atoms with Gasteiger partial charge in [0.25, 0.3) is 0 Å². The van der Waals surface area contributed by atoms with E-state index in [1.807, 2.05) is 0 Å². The van der Waals surface area contributed by atoms with Gasteiger partial charge in [0.2, 0.25) is 0 Å². The molecule has 3 heteroatoms. The molecule has 1 radical (unpaired) electrons. The third kappa shape index (κ3) is 2.30. The quantitative estimate of drug-likeness (QED) is 0.512. The number of hydrogen-bond acceptors (Lipinski definition) is 2. The fraction of sp³-hybridized carbons (Fsp3) is 1.00. The number of piperazine rings is 1. The third-order valence-electron chi connectivity index (χ3n) is 1.62. The second kappa shape index (κ2) is 3.82. The molecule has 1 fully saturated rings. The van der Waals surface area contributed by atoms with E-state index in [9.17, 15) is 0 Å². The summed E-state index contributed by atoms with van der Waals surface area (Å²) < 4.78 is 0. The Labute approximate surface area is 56.0 Å². The predicted octanol–water partition coefficient (Wildman–Crippen LogP) is -0.779. The maximum absolute atomic E-state index is 6.97. The van der Waals surface area contributed by atoms with Crippen LogP contribution in [0.25, 0.3) is 0 Å². The van der Waals surface area contributed by atoms with Crippen LogP contribution < -0.4 is 16.4 Å². The van der Waals surface area contributed by atoms with E-state index in [1.54, 1.807) is 0 Å². The van der Waals surface area contributed by atoms with E-state index in [0.717, 1.165) is 26.1 Å². The fourth-order valence-corrected chi connectivity index (χ4v) is 1.09. The van der Waals surface area contributed by atoms with Gasteiger partial charge in [0.15, 0.2) is 0 Å². The van der Waals surface area contributed by atoms with Gasteiger partial charge in [0.05, 0.1) is 0 Å². The highest BCUT2D eigenvalue weighted by Crippen LogP contribution is 1.90. The molecule has 1 aliphatic heterocycles. The lowest BCUT2D eigenvalue weighted by atomic mass is 10.2. The van der Waals surface area contributed by atoms with Gasteiger partial charge < -0.3 is 10.6 Å². The largest absolute Gasteiger partial charge is 0.314 e. The van der Waals surface area contributed by atoms with Crippen molar-refractivity contribution >= 4 is 0 Å². The van der Waals surface area contributed by atoms with Crippen LogP contribution in [0, 0.1) is 0 Å². The van der Waals surface area contributed by atoms with Crippen LogP contribution in [0.5, 0.6) is 0 Å². The highest BCUT2D eigenvalue weighted by Gasteiger charge is 2.09. The van der Waals surface area contributed by atoms with Gasteiger partial charge in [-0.05, 0) is 6.42 Å². The minimum atomic E-state index is 0.541. The van der Waals surface area contributed by atoms with Crippen LogP contribution in [0.2, 0.25) is 0 Å². The Hall–Kier alpha value is -0.120. The van der Waals surface area contributed by atoms with E-state index >= 15 is 0 Å². The van der Waals surface area contributed by atoms with E-state index in [-0.39, 0.29) is 0 Å². The van der Waals surface area contributed by atoms with Gasteiger partial charge in [0, 0.05) is 32.2 Å². The van der Waals surface area contributed by atoms with E-state index in [2.05, 4.69) is 10.6 Å². The normalized spacial score (nSPS) is 28.3. The molecule has 0 amide bonds. The molecule has 0 aromatic carbocycles. The zero-order valence-corrected chi connectivity index (χ0v) is 5.61. The molecule has 3 N–H and O–H groups in total. The molecule has 0 saturated carbocycles. The highest BCUT2D eigenvalue weighted by molar-refractivity contribution is 4.74. The molecule has 0 spiro atoms. The van der Waals surface area contributed by atoms with Crippen molar-refractivity contribution in [3.8, 4) is 0 Å². The Kier molecular flexibility index (Phi) is 2.97. The summed E-state index contributed by atoms with van der Waals surface area (Å²) in [6.45, 7) is 3.72. The molecule has 53 valence electrons. The molecular weight excluding hydrogens is 114 g/mol. The average Bonchev–Trinajstić information content (AvgIpc) is 1.91. The monoisotopic (exact) mass is 128 g/mol. The summed E-state index contributed by atoms with van der Waals surface area (Å²) in [4.78, 5) is 0. The Morgan fingerprint density at radius 2 is 2.33 bits per heavy atom. The van der Waals surface area contributed by atoms with Crippen molar-refractivity contribution in [2.24, 2.45) is 0 Å². The predicted molar refractivity (Wildman–Crippen MR) is 37.2 cm³/mol. The molecule has 1 saturated heterocycles. The highest BCUT2D eigenvalue weighted by atomic mass is 15.1. The number of hydrogen-bond donors (Lipinski definition) is 2. The van der Waals surface area contributed by atoms with Crippen LogP contribution in [0.15, 0.2) is 0 Å². The van der Waals surface area contributed by atoms with E-state index < -0.39 is 0 Å². The minimum Gasteiger partial charge on any atom is -0.314 e. The lowest BCUT2D eigenvalue weighted by molar-refractivity contribution is 0.402.